The van der Waals surface area contributed by atoms with E-state index in [1.165, 1.54) is 23.1 Å². The number of nitrogens with zero attached hydrogens (tertiary/aromatic N) is 2. The molecule has 0 bridgehead atoms. The molecule has 0 aliphatic carbocycles. The summed E-state index contributed by atoms with van der Waals surface area (Å²) in [5, 5.41) is 23.9. The van der Waals surface area contributed by atoms with Crippen LogP contribution < -0.4 is 10.2 Å². The van der Waals surface area contributed by atoms with Crippen molar-refractivity contribution in [3.05, 3.63) is 28.3 Å². The van der Waals surface area contributed by atoms with Crippen LogP contribution in [0.4, 0.5) is 11.4 Å². The number of thiocarbonyl (C=S) groups is 1. The van der Waals surface area contributed by atoms with Crippen molar-refractivity contribution in [3.63, 3.8) is 0 Å². The minimum atomic E-state index is -3.19. The molecular formula is C11H11N3O5S2. The van der Waals surface area contributed by atoms with Crippen molar-refractivity contribution in [1.82, 2.24) is 5.32 Å². The average Bonchev–Trinajstić information content (AvgIpc) is 2.80. The third kappa shape index (κ3) is 2.29. The second-order valence-corrected chi connectivity index (χ2v) is 7.54. The van der Waals surface area contributed by atoms with Crippen molar-refractivity contribution in [2.24, 2.45) is 0 Å². The molecule has 1 aromatic carbocycles. The van der Waals surface area contributed by atoms with E-state index in [-0.39, 0.29) is 39.8 Å². The monoisotopic (exact) mass is 329 g/mol. The number of hydrogen-bond donors (Lipinski definition) is 2. The Bertz CT molecular complexity index is 748. The van der Waals surface area contributed by atoms with Crippen molar-refractivity contribution in [2.75, 3.05) is 16.4 Å². The number of rotatable bonds is 2. The largest absolute Gasteiger partial charge is 0.506 e. The molecule has 2 heterocycles. The summed E-state index contributed by atoms with van der Waals surface area (Å²) in [7, 11) is -3.19. The summed E-state index contributed by atoms with van der Waals surface area (Å²) in [6.45, 7) is 0. The van der Waals surface area contributed by atoms with Crippen molar-refractivity contribution < 1.29 is 18.4 Å². The molecule has 0 radical (unpaired) electrons. The molecule has 0 saturated carbocycles. The zero-order chi connectivity index (χ0) is 15.4. The Morgan fingerprint density at radius 1 is 1.43 bits per heavy atom. The van der Waals surface area contributed by atoms with E-state index in [2.05, 4.69) is 5.32 Å². The van der Waals surface area contributed by atoms with E-state index in [0.29, 0.717) is 0 Å². The maximum absolute atomic E-state index is 11.7. The highest BCUT2D eigenvalue weighted by atomic mass is 32.2. The molecule has 0 aromatic heterocycles. The summed E-state index contributed by atoms with van der Waals surface area (Å²) in [6.07, 6.45) is 0. The van der Waals surface area contributed by atoms with E-state index in [4.69, 9.17) is 12.2 Å². The SMILES string of the molecule is O=[N+]([O-])c1ccc(O)c(N2C(=S)N[C@H]3CS(=O)(=O)C[C@H]32)c1. The number of nitro groups is 1. The Morgan fingerprint density at radius 3 is 2.81 bits per heavy atom. The van der Waals surface area contributed by atoms with E-state index in [9.17, 15) is 23.6 Å². The summed E-state index contributed by atoms with van der Waals surface area (Å²) in [5.74, 6) is -0.327. The van der Waals surface area contributed by atoms with Crippen LogP contribution in [0.15, 0.2) is 18.2 Å². The van der Waals surface area contributed by atoms with E-state index in [0.717, 1.165) is 0 Å². The molecule has 3 rings (SSSR count). The van der Waals surface area contributed by atoms with Crippen LogP contribution >= 0.6 is 12.2 Å². The second kappa shape index (κ2) is 4.53. The normalized spacial score (nSPS) is 26.5. The third-order valence-corrected chi connectivity index (χ3v) is 5.64. The van der Waals surface area contributed by atoms with Crippen LogP contribution in [0, 0.1) is 10.1 Å². The zero-order valence-corrected chi connectivity index (χ0v) is 12.2. The lowest BCUT2D eigenvalue weighted by Crippen LogP contribution is -2.36. The number of nitrogens with one attached hydrogen (secondary N) is 1. The first-order valence-electron chi connectivity index (χ1n) is 6.06. The van der Waals surface area contributed by atoms with E-state index in [1.807, 2.05) is 0 Å². The highest BCUT2D eigenvalue weighted by molar-refractivity contribution is 7.91. The first-order chi connectivity index (χ1) is 9.78. The van der Waals surface area contributed by atoms with Gasteiger partial charge in [0.25, 0.3) is 5.69 Å². The smallest absolute Gasteiger partial charge is 0.271 e. The molecular weight excluding hydrogens is 318 g/mol. The van der Waals surface area contributed by atoms with Crippen molar-refractivity contribution >= 4 is 38.5 Å². The summed E-state index contributed by atoms with van der Waals surface area (Å²) in [5.41, 5.74) is -0.0544. The van der Waals surface area contributed by atoms with Crippen LogP contribution in [0.1, 0.15) is 0 Å². The number of nitro benzene ring substituents is 1. The fourth-order valence-corrected chi connectivity index (χ4v) is 4.98. The fraction of sp³-hybridized carbons (Fsp3) is 0.364. The summed E-state index contributed by atoms with van der Waals surface area (Å²) in [4.78, 5) is 11.7. The molecule has 2 aliphatic rings. The van der Waals surface area contributed by atoms with Crippen molar-refractivity contribution in [1.29, 1.82) is 0 Å². The predicted octanol–water partition coefficient (Wildman–Crippen LogP) is 0.161. The van der Waals surface area contributed by atoms with Gasteiger partial charge in [-0.15, -0.1) is 0 Å². The average molecular weight is 329 g/mol. The standard InChI is InChI=1S/C11H11N3O5S2/c15-10-2-1-6(14(16)17)3-8(10)13-9-5-21(18,19)4-7(9)12-11(13)20/h1-3,7,9,15H,4-5H2,(H,12,20)/t7-,9+/m0/s1. The number of aromatic hydroxyl groups is 1. The molecule has 0 unspecified atom stereocenters. The predicted molar refractivity (Wildman–Crippen MR) is 79.2 cm³/mol. The maximum atomic E-state index is 11.7. The molecule has 1 aromatic rings. The van der Waals surface area contributed by atoms with Gasteiger partial charge in [-0.1, -0.05) is 0 Å². The number of non-ortho nitro benzene ring substituents is 1. The molecule has 2 fully saturated rings. The Hall–Kier alpha value is -1.94. The van der Waals surface area contributed by atoms with Gasteiger partial charge in [-0.05, 0) is 18.3 Å². The van der Waals surface area contributed by atoms with E-state index in [1.54, 1.807) is 0 Å². The van der Waals surface area contributed by atoms with Gasteiger partial charge < -0.3 is 15.3 Å². The lowest BCUT2D eigenvalue weighted by Gasteiger charge is -2.23. The highest BCUT2D eigenvalue weighted by Gasteiger charge is 2.48. The lowest BCUT2D eigenvalue weighted by atomic mass is 10.1. The Balaban J connectivity index is 2.05. The molecule has 112 valence electrons. The quantitative estimate of drug-likeness (QED) is 0.448. The maximum Gasteiger partial charge on any atom is 0.271 e. The van der Waals surface area contributed by atoms with Gasteiger partial charge in [-0.3, -0.25) is 10.1 Å². The number of hydrogen-bond acceptors (Lipinski definition) is 6. The Morgan fingerprint density at radius 2 is 2.14 bits per heavy atom. The molecule has 2 N–H and O–H groups in total. The van der Waals surface area contributed by atoms with Gasteiger partial charge in [0.15, 0.2) is 14.9 Å². The summed E-state index contributed by atoms with van der Waals surface area (Å²) >= 11 is 5.16. The zero-order valence-electron chi connectivity index (χ0n) is 10.6. The van der Waals surface area contributed by atoms with Gasteiger partial charge in [-0.2, -0.15) is 0 Å². The summed E-state index contributed by atoms with van der Waals surface area (Å²) in [6, 6.07) is 2.74. The van der Waals surface area contributed by atoms with Crippen molar-refractivity contribution in [3.8, 4) is 5.75 Å². The minimum absolute atomic E-state index is 0.0377. The van der Waals surface area contributed by atoms with Gasteiger partial charge in [0.05, 0.1) is 34.2 Å². The molecule has 21 heavy (non-hydrogen) atoms. The van der Waals surface area contributed by atoms with Gasteiger partial charge in [0.1, 0.15) is 5.75 Å². The molecule has 0 amide bonds. The van der Waals surface area contributed by atoms with E-state index < -0.39 is 20.8 Å². The van der Waals surface area contributed by atoms with Gasteiger partial charge in [0, 0.05) is 12.1 Å². The van der Waals surface area contributed by atoms with Gasteiger partial charge in [-0.25, -0.2) is 8.42 Å². The first-order valence-corrected chi connectivity index (χ1v) is 8.29. The number of sulfone groups is 1. The number of phenols is 1. The fourth-order valence-electron chi connectivity index (χ4n) is 2.71. The molecule has 8 nitrogen and oxygen atoms in total. The molecule has 2 aliphatic heterocycles. The molecule has 2 atom stereocenters. The lowest BCUT2D eigenvalue weighted by molar-refractivity contribution is -0.384. The van der Waals surface area contributed by atoms with Gasteiger partial charge >= 0.3 is 0 Å². The minimum Gasteiger partial charge on any atom is -0.506 e. The third-order valence-electron chi connectivity index (χ3n) is 3.61. The molecule has 2 saturated heterocycles. The van der Waals surface area contributed by atoms with Crippen molar-refractivity contribution in [2.45, 2.75) is 12.1 Å². The first kappa shape index (κ1) is 14.0. The number of fused-ring (bicyclic) bond motifs is 1. The van der Waals surface area contributed by atoms with Crippen LogP contribution in [0.5, 0.6) is 5.75 Å². The number of benzene rings is 1. The van der Waals surface area contributed by atoms with Crippen LogP contribution in [0.3, 0.4) is 0 Å². The highest BCUT2D eigenvalue weighted by Crippen LogP contribution is 2.37. The van der Waals surface area contributed by atoms with E-state index >= 15 is 0 Å². The Labute approximate surface area is 125 Å². The van der Waals surface area contributed by atoms with Crippen LogP contribution in [0.25, 0.3) is 0 Å². The van der Waals surface area contributed by atoms with Crippen LogP contribution in [0.2, 0.25) is 0 Å². The topological polar surface area (TPSA) is 113 Å². The van der Waals surface area contributed by atoms with Gasteiger partial charge in [0.2, 0.25) is 0 Å². The molecule has 0 spiro atoms. The van der Waals surface area contributed by atoms with Crippen LogP contribution in [-0.4, -0.2) is 47.1 Å². The second-order valence-electron chi connectivity index (χ2n) is 5.00. The molecule has 10 heteroatoms. The Kier molecular flexibility index (Phi) is 3.02. The van der Waals surface area contributed by atoms with Crippen LogP contribution in [-0.2, 0) is 9.84 Å². The number of phenolic OH excluding ortho intramolecular Hbond substituents is 1. The number of anilines is 1. The summed E-state index contributed by atoms with van der Waals surface area (Å²) < 4.78 is 23.4.